The smallest absolute Gasteiger partial charge is 0.0795 e. The van der Waals surface area contributed by atoms with Gasteiger partial charge in [-0.25, -0.2) is 0 Å². The van der Waals surface area contributed by atoms with E-state index in [0.717, 1.165) is 40.1 Å². The molecule has 0 N–H and O–H groups in total. The van der Waals surface area contributed by atoms with Crippen molar-refractivity contribution >= 4 is 24.3 Å². The average molecular weight is 950 g/mol. The second-order valence-corrected chi connectivity index (χ2v) is 22.1. The Morgan fingerprint density at radius 1 is 0.672 bits per heavy atom. The fraction of sp³-hybridized carbons (Fsp3) is 0.208. The van der Waals surface area contributed by atoms with Crippen molar-refractivity contribution < 1.29 is 20.1 Å². The van der Waals surface area contributed by atoms with Crippen LogP contribution in [-0.2, 0) is 26.5 Å². The summed E-state index contributed by atoms with van der Waals surface area (Å²) in [5.41, 5.74) is 18.4. The third kappa shape index (κ3) is 8.09. The third-order valence-corrected chi connectivity index (χ3v) is 13.2. The molecule has 1 aliphatic rings. The molecule has 0 spiro atoms. The van der Waals surface area contributed by atoms with Crippen molar-refractivity contribution in [2.75, 3.05) is 0 Å². The summed E-state index contributed by atoms with van der Waals surface area (Å²) >= 11 is 0. The molecule has 3 nitrogen and oxygen atoms in total. The topological polar surface area (TPSA) is 30.7 Å². The van der Waals surface area contributed by atoms with Crippen molar-refractivity contribution in [2.45, 2.75) is 72.5 Å². The number of para-hydroxylation sites is 2. The Labute approximate surface area is 359 Å². The van der Waals surface area contributed by atoms with Crippen LogP contribution in [-0.4, -0.2) is 22.6 Å². The number of pyridine rings is 1. The maximum atomic E-state index is 5.33. The van der Waals surface area contributed by atoms with Gasteiger partial charge in [0.2, 0.25) is 0 Å². The van der Waals surface area contributed by atoms with Gasteiger partial charge < -0.3 is 9.55 Å². The first-order valence-corrected chi connectivity index (χ1v) is 23.8. The summed E-state index contributed by atoms with van der Waals surface area (Å²) in [5, 5.41) is 1.40. The average Bonchev–Trinajstić information content (AvgIpc) is 3.79. The Kier molecular flexibility index (Phi) is 12.0. The first-order chi connectivity index (χ1) is 27.5. The molecule has 9 rings (SSSR count). The maximum Gasteiger partial charge on any atom is 0.0795 e. The standard InChI is InChI=1S/C39H35N2.C14H16NSi.Ir/c1-24(2)33-21-28(27-12-7-6-8-13-27)22-34(25(3)4)38(33)41-37-17-10-9-16-36(37)40-39(41)32-15-11-14-31-30-19-18-26(5)20-29(30)23-35(31)32;1-16(2,3)13-9-10-14(15-11-13)12-7-5-4-6-8-12;/h6-14,16-22,24-25H,23H2,1-5H3;4-7,9-11H,1-3H3;/q2*-1;. The van der Waals surface area contributed by atoms with Crippen LogP contribution in [0.1, 0.15) is 67.3 Å². The number of hydrogen-bond donors (Lipinski definition) is 0. The normalized spacial score (nSPS) is 11.9. The molecule has 0 saturated heterocycles. The minimum Gasteiger partial charge on any atom is -0.333 e. The minimum atomic E-state index is -1.23. The van der Waals surface area contributed by atoms with Crippen LogP contribution in [0.3, 0.4) is 0 Å². The molecule has 0 fully saturated rings. The fourth-order valence-corrected chi connectivity index (χ4v) is 9.11. The largest absolute Gasteiger partial charge is 0.333 e. The number of aryl methyl sites for hydroxylation is 1. The van der Waals surface area contributed by atoms with E-state index >= 15 is 0 Å². The van der Waals surface area contributed by atoms with Crippen molar-refractivity contribution in [1.82, 2.24) is 14.5 Å². The van der Waals surface area contributed by atoms with Crippen molar-refractivity contribution in [2.24, 2.45) is 0 Å². The SMILES string of the molecule is C[Si](C)(C)c1ccc(-c2[c-]cccc2)nc1.Cc1ccc2c(c1)Cc1c(-c3nc4ccccc4n3-c3c(C(C)C)cc(-c4ccccc4)cc3C(C)C)[c-]ccc1-2.[Ir]. The Balaban J connectivity index is 0.000000254. The molecule has 5 heteroatoms. The van der Waals surface area contributed by atoms with E-state index in [9.17, 15) is 0 Å². The van der Waals surface area contributed by atoms with E-state index in [1.54, 1.807) is 0 Å². The molecule has 2 heterocycles. The van der Waals surface area contributed by atoms with E-state index < -0.39 is 8.07 Å². The molecule has 8 aromatic rings. The molecule has 58 heavy (non-hydrogen) atoms. The van der Waals surface area contributed by atoms with Gasteiger partial charge in [-0.3, -0.25) is 4.98 Å². The zero-order valence-corrected chi connectivity index (χ0v) is 38.2. The number of aromatic nitrogens is 3. The molecule has 6 aromatic carbocycles. The van der Waals surface area contributed by atoms with Crippen molar-refractivity contribution in [3.8, 4) is 50.6 Å². The van der Waals surface area contributed by atoms with E-state index in [2.05, 4.69) is 185 Å². The van der Waals surface area contributed by atoms with Crippen LogP contribution in [0.15, 0.2) is 140 Å². The first-order valence-electron chi connectivity index (χ1n) is 20.3. The van der Waals surface area contributed by atoms with Crippen LogP contribution >= 0.6 is 0 Å². The number of rotatable bonds is 7. The summed E-state index contributed by atoms with van der Waals surface area (Å²) in [5.74, 6) is 1.64. The Hall–Kier alpha value is -5.19. The molecule has 0 unspecified atom stereocenters. The Morgan fingerprint density at radius 3 is 2.03 bits per heavy atom. The van der Waals surface area contributed by atoms with Gasteiger partial charge in [-0.15, -0.1) is 65.2 Å². The van der Waals surface area contributed by atoms with Gasteiger partial charge in [-0.2, -0.15) is 0 Å². The molecule has 293 valence electrons. The molecule has 2 aromatic heterocycles. The fourth-order valence-electron chi connectivity index (χ4n) is 8.07. The summed E-state index contributed by atoms with van der Waals surface area (Å²) in [4.78, 5) is 9.85. The number of imidazole rings is 1. The van der Waals surface area contributed by atoms with Crippen LogP contribution in [0.2, 0.25) is 19.6 Å². The summed E-state index contributed by atoms with van der Waals surface area (Å²) in [6.45, 7) is 18.4. The van der Waals surface area contributed by atoms with E-state index in [1.807, 2.05) is 30.5 Å². The predicted molar refractivity (Wildman–Crippen MR) is 243 cm³/mol. The maximum absolute atomic E-state index is 5.33. The zero-order chi connectivity index (χ0) is 39.8. The monoisotopic (exact) mass is 950 g/mol. The third-order valence-electron chi connectivity index (χ3n) is 11.2. The second-order valence-electron chi connectivity index (χ2n) is 17.0. The Bertz CT molecular complexity index is 2660. The minimum absolute atomic E-state index is 0. The van der Waals surface area contributed by atoms with Crippen molar-refractivity contribution in [3.05, 3.63) is 180 Å². The molecular weight excluding hydrogens is 899 g/mol. The van der Waals surface area contributed by atoms with Crippen LogP contribution < -0.4 is 5.19 Å². The van der Waals surface area contributed by atoms with E-state index in [-0.39, 0.29) is 20.1 Å². The number of nitrogens with zero attached hydrogens (tertiary/aromatic N) is 3. The number of benzene rings is 6. The van der Waals surface area contributed by atoms with Gasteiger partial charge in [0, 0.05) is 32.0 Å². The molecule has 1 aliphatic carbocycles. The van der Waals surface area contributed by atoms with Crippen LogP contribution in [0, 0.1) is 19.1 Å². The van der Waals surface area contributed by atoms with Crippen molar-refractivity contribution in [1.29, 1.82) is 0 Å². The molecule has 0 atom stereocenters. The van der Waals surface area contributed by atoms with E-state index in [1.165, 1.54) is 60.9 Å². The van der Waals surface area contributed by atoms with Gasteiger partial charge in [0.25, 0.3) is 0 Å². The van der Waals surface area contributed by atoms with E-state index in [0.29, 0.717) is 11.8 Å². The number of hydrogen-bond acceptors (Lipinski definition) is 2. The first kappa shape index (κ1) is 41.0. The summed E-state index contributed by atoms with van der Waals surface area (Å²) in [7, 11) is -1.23. The van der Waals surface area contributed by atoms with Crippen LogP contribution in [0.5, 0.6) is 0 Å². The Morgan fingerprint density at radius 2 is 1.38 bits per heavy atom. The molecule has 1 radical (unpaired) electrons. The molecule has 0 bridgehead atoms. The second kappa shape index (κ2) is 17.0. The van der Waals surface area contributed by atoms with Gasteiger partial charge in [0.15, 0.2) is 0 Å². The molecule has 0 saturated carbocycles. The number of fused-ring (bicyclic) bond motifs is 4. The summed E-state index contributed by atoms with van der Waals surface area (Å²) in [6, 6.07) is 54.4. The van der Waals surface area contributed by atoms with Crippen LogP contribution in [0.25, 0.3) is 61.6 Å². The van der Waals surface area contributed by atoms with Crippen LogP contribution in [0.4, 0.5) is 0 Å². The predicted octanol–water partition coefficient (Wildman–Crippen LogP) is 13.4. The van der Waals surface area contributed by atoms with Gasteiger partial charge in [0.1, 0.15) is 0 Å². The van der Waals surface area contributed by atoms with Gasteiger partial charge in [-0.05, 0) is 93.7 Å². The molecule has 0 amide bonds. The van der Waals surface area contributed by atoms with Gasteiger partial charge in [0.05, 0.1) is 24.9 Å². The van der Waals surface area contributed by atoms with Crippen molar-refractivity contribution in [3.63, 3.8) is 0 Å². The van der Waals surface area contributed by atoms with Gasteiger partial charge >= 0.3 is 0 Å². The zero-order valence-electron chi connectivity index (χ0n) is 34.8. The van der Waals surface area contributed by atoms with Gasteiger partial charge in [-0.1, -0.05) is 131 Å². The van der Waals surface area contributed by atoms with E-state index in [4.69, 9.17) is 4.98 Å². The summed E-state index contributed by atoms with van der Waals surface area (Å²) < 4.78 is 2.44. The molecule has 0 aliphatic heterocycles. The summed E-state index contributed by atoms with van der Waals surface area (Å²) in [6.07, 6.45) is 2.92. The molecular formula is C53H51IrN3Si-2. The quantitative estimate of drug-likeness (QED) is 0.118.